The highest BCUT2D eigenvalue weighted by Gasteiger charge is 2.23. The van der Waals surface area contributed by atoms with Crippen molar-refractivity contribution in [1.82, 2.24) is 15.5 Å². The predicted octanol–water partition coefficient (Wildman–Crippen LogP) is 2.06. The second kappa shape index (κ2) is 8.73. The number of rotatable bonds is 7. The van der Waals surface area contributed by atoms with Crippen molar-refractivity contribution in [2.45, 2.75) is 53.5 Å². The number of nitrogens with zero attached hydrogens (tertiary/aromatic N) is 1. The second-order valence-electron chi connectivity index (χ2n) is 8.03. The first kappa shape index (κ1) is 19.2. The van der Waals surface area contributed by atoms with E-state index in [1.54, 1.807) is 0 Å². The van der Waals surface area contributed by atoms with Gasteiger partial charge in [0.1, 0.15) is 0 Å². The highest BCUT2D eigenvalue weighted by atomic mass is 16.3. The summed E-state index contributed by atoms with van der Waals surface area (Å²) in [6.07, 6.45) is 1.99. The fourth-order valence-electron chi connectivity index (χ4n) is 3.36. The van der Waals surface area contributed by atoms with Crippen molar-refractivity contribution in [1.29, 1.82) is 0 Å². The molecule has 130 valence electrons. The van der Waals surface area contributed by atoms with Gasteiger partial charge in [-0.2, -0.15) is 0 Å². The summed E-state index contributed by atoms with van der Waals surface area (Å²) >= 11 is 0. The van der Waals surface area contributed by atoms with Gasteiger partial charge in [0.05, 0.1) is 0 Å². The summed E-state index contributed by atoms with van der Waals surface area (Å²) < 4.78 is 0. The Morgan fingerprint density at radius 3 is 2.45 bits per heavy atom. The standard InChI is InChI=1S/C17H35N3O2/c1-13-8-14(2)10-20(9-13)11-15(3)19-16(22)18-12-17(4,5)6-7-21/h13-15,21H,6-12H2,1-5H3,(H2,18,19,22). The molecule has 3 N–H and O–H groups in total. The molecule has 5 nitrogen and oxygen atoms in total. The van der Waals surface area contributed by atoms with E-state index in [1.165, 1.54) is 6.42 Å². The Bertz CT molecular complexity index is 337. The van der Waals surface area contributed by atoms with Gasteiger partial charge in [0.25, 0.3) is 0 Å². The first-order valence-corrected chi connectivity index (χ1v) is 8.59. The van der Waals surface area contributed by atoms with E-state index in [0.29, 0.717) is 13.0 Å². The third kappa shape index (κ3) is 7.45. The van der Waals surface area contributed by atoms with Crippen molar-refractivity contribution in [3.63, 3.8) is 0 Å². The second-order valence-corrected chi connectivity index (χ2v) is 8.03. The molecule has 3 unspecified atom stereocenters. The molecule has 0 aromatic carbocycles. The zero-order valence-corrected chi connectivity index (χ0v) is 15.0. The minimum absolute atomic E-state index is 0.0763. The van der Waals surface area contributed by atoms with Gasteiger partial charge in [-0.25, -0.2) is 4.79 Å². The number of likely N-dealkylation sites (tertiary alicyclic amines) is 1. The topological polar surface area (TPSA) is 64.6 Å². The maximum absolute atomic E-state index is 12.0. The quantitative estimate of drug-likeness (QED) is 0.674. The molecule has 22 heavy (non-hydrogen) atoms. The van der Waals surface area contributed by atoms with E-state index in [2.05, 4.69) is 36.3 Å². The van der Waals surface area contributed by atoms with E-state index in [4.69, 9.17) is 5.11 Å². The Morgan fingerprint density at radius 2 is 1.91 bits per heavy atom. The summed E-state index contributed by atoms with van der Waals surface area (Å²) in [5.41, 5.74) is -0.0763. The van der Waals surface area contributed by atoms with Gasteiger partial charge in [0, 0.05) is 38.8 Å². The monoisotopic (exact) mass is 313 g/mol. The van der Waals surface area contributed by atoms with Gasteiger partial charge >= 0.3 is 6.03 Å². The van der Waals surface area contributed by atoms with E-state index >= 15 is 0 Å². The summed E-state index contributed by atoms with van der Waals surface area (Å²) in [6.45, 7) is 14.6. The number of aliphatic hydroxyl groups is 1. The van der Waals surface area contributed by atoms with Crippen LogP contribution in [0.1, 0.15) is 47.5 Å². The summed E-state index contributed by atoms with van der Waals surface area (Å²) in [6, 6.07) is 0.0232. The van der Waals surface area contributed by atoms with Crippen molar-refractivity contribution in [3.05, 3.63) is 0 Å². The number of aliphatic hydroxyl groups excluding tert-OH is 1. The highest BCUT2D eigenvalue weighted by molar-refractivity contribution is 5.74. The molecule has 5 heteroatoms. The minimum Gasteiger partial charge on any atom is -0.396 e. The molecule has 0 bridgehead atoms. The van der Waals surface area contributed by atoms with Crippen LogP contribution in [0.5, 0.6) is 0 Å². The number of urea groups is 1. The number of carbonyl (C=O) groups excluding carboxylic acids is 1. The molecule has 0 radical (unpaired) electrons. The lowest BCUT2D eigenvalue weighted by atomic mass is 9.90. The Hall–Kier alpha value is -0.810. The van der Waals surface area contributed by atoms with E-state index in [0.717, 1.165) is 31.5 Å². The SMILES string of the molecule is CC1CC(C)CN(CC(C)NC(=O)NCC(C)(C)CCO)C1. The molecular weight excluding hydrogens is 278 g/mol. The van der Waals surface area contributed by atoms with Crippen LogP contribution in [-0.4, -0.2) is 54.9 Å². The highest BCUT2D eigenvalue weighted by Crippen LogP contribution is 2.21. The van der Waals surface area contributed by atoms with E-state index in [-0.39, 0.29) is 24.1 Å². The predicted molar refractivity (Wildman–Crippen MR) is 90.9 cm³/mol. The van der Waals surface area contributed by atoms with Crippen molar-refractivity contribution < 1.29 is 9.90 Å². The third-order valence-electron chi connectivity index (χ3n) is 4.37. The largest absolute Gasteiger partial charge is 0.396 e. The van der Waals surface area contributed by atoms with Crippen LogP contribution in [0.2, 0.25) is 0 Å². The lowest BCUT2D eigenvalue weighted by Crippen LogP contribution is -2.50. The maximum atomic E-state index is 12.0. The van der Waals surface area contributed by atoms with Gasteiger partial charge in [-0.05, 0) is 37.0 Å². The third-order valence-corrected chi connectivity index (χ3v) is 4.37. The minimum atomic E-state index is -0.114. The zero-order chi connectivity index (χ0) is 16.8. The van der Waals surface area contributed by atoms with Gasteiger partial charge in [-0.15, -0.1) is 0 Å². The molecule has 1 fully saturated rings. The van der Waals surface area contributed by atoms with Crippen molar-refractivity contribution >= 4 is 6.03 Å². The van der Waals surface area contributed by atoms with E-state index < -0.39 is 0 Å². The van der Waals surface area contributed by atoms with Gasteiger partial charge in [0.2, 0.25) is 0 Å². The fourth-order valence-corrected chi connectivity index (χ4v) is 3.36. The first-order valence-electron chi connectivity index (χ1n) is 8.59. The van der Waals surface area contributed by atoms with Crippen LogP contribution in [0.15, 0.2) is 0 Å². The molecule has 1 saturated heterocycles. The number of piperidine rings is 1. The molecule has 0 aromatic heterocycles. The molecule has 0 aliphatic carbocycles. The van der Waals surface area contributed by atoms with Crippen molar-refractivity contribution in [3.8, 4) is 0 Å². The first-order chi connectivity index (χ1) is 10.2. The van der Waals surface area contributed by atoms with Gasteiger partial charge in [-0.1, -0.05) is 27.7 Å². The number of carbonyl (C=O) groups is 1. The van der Waals surface area contributed by atoms with Crippen LogP contribution >= 0.6 is 0 Å². The number of amides is 2. The smallest absolute Gasteiger partial charge is 0.315 e. The number of hydrogen-bond acceptors (Lipinski definition) is 3. The average molecular weight is 313 g/mol. The van der Waals surface area contributed by atoms with Gasteiger partial charge < -0.3 is 20.6 Å². The van der Waals surface area contributed by atoms with Crippen LogP contribution in [0.4, 0.5) is 4.79 Å². The number of hydrogen-bond donors (Lipinski definition) is 3. The van der Waals surface area contributed by atoms with Crippen molar-refractivity contribution in [2.24, 2.45) is 17.3 Å². The van der Waals surface area contributed by atoms with Crippen LogP contribution in [0, 0.1) is 17.3 Å². The molecule has 2 amide bonds. The average Bonchev–Trinajstić information content (AvgIpc) is 2.35. The molecule has 1 heterocycles. The maximum Gasteiger partial charge on any atom is 0.315 e. The summed E-state index contributed by atoms with van der Waals surface area (Å²) in [5.74, 6) is 1.48. The zero-order valence-electron chi connectivity index (χ0n) is 15.0. The van der Waals surface area contributed by atoms with Crippen LogP contribution < -0.4 is 10.6 Å². The Labute approximate surface area is 135 Å². The van der Waals surface area contributed by atoms with E-state index in [9.17, 15) is 4.79 Å². The molecule has 0 aromatic rings. The fraction of sp³-hybridized carbons (Fsp3) is 0.941. The number of nitrogens with one attached hydrogen (secondary N) is 2. The Morgan fingerprint density at radius 1 is 1.32 bits per heavy atom. The Balaban J connectivity index is 2.29. The lowest BCUT2D eigenvalue weighted by molar-refractivity contribution is 0.131. The van der Waals surface area contributed by atoms with E-state index in [1.807, 2.05) is 13.8 Å². The van der Waals surface area contributed by atoms with Crippen molar-refractivity contribution in [2.75, 3.05) is 32.8 Å². The van der Waals surface area contributed by atoms with Crippen LogP contribution in [0.25, 0.3) is 0 Å². The molecule has 0 saturated carbocycles. The lowest BCUT2D eigenvalue weighted by Gasteiger charge is -2.36. The van der Waals surface area contributed by atoms with Gasteiger partial charge in [0.15, 0.2) is 0 Å². The molecule has 3 atom stereocenters. The van der Waals surface area contributed by atoms with Crippen LogP contribution in [0.3, 0.4) is 0 Å². The molecule has 1 aliphatic rings. The molecular formula is C17H35N3O2. The molecule has 1 rings (SSSR count). The molecule has 0 spiro atoms. The normalized spacial score (nSPS) is 24.8. The summed E-state index contributed by atoms with van der Waals surface area (Å²) in [4.78, 5) is 14.4. The Kier molecular flexibility index (Phi) is 7.63. The van der Waals surface area contributed by atoms with Gasteiger partial charge in [-0.3, -0.25) is 0 Å². The summed E-state index contributed by atoms with van der Waals surface area (Å²) in [5, 5.41) is 14.9. The molecule has 1 aliphatic heterocycles. The summed E-state index contributed by atoms with van der Waals surface area (Å²) in [7, 11) is 0. The van der Waals surface area contributed by atoms with Crippen LogP contribution in [-0.2, 0) is 0 Å².